The van der Waals surface area contributed by atoms with Crippen LogP contribution in [0.1, 0.15) is 23.2 Å². The average Bonchev–Trinajstić information content (AvgIpc) is 3.34. The van der Waals surface area contributed by atoms with Crippen LogP contribution in [0.15, 0.2) is 54.6 Å². The van der Waals surface area contributed by atoms with Crippen molar-refractivity contribution in [3.05, 3.63) is 60.2 Å². The monoisotopic (exact) mass is 383 g/mol. The number of hydrogen-bond acceptors (Lipinski definition) is 1. The van der Waals surface area contributed by atoms with E-state index in [9.17, 15) is 7.65 Å². The van der Waals surface area contributed by atoms with Gasteiger partial charge in [-0.2, -0.15) is 2.86 Å². The second-order valence-electron chi connectivity index (χ2n) is 4.69. The second-order valence-corrected chi connectivity index (χ2v) is 4.69. The van der Waals surface area contributed by atoms with Gasteiger partial charge in [-0.3, -0.25) is 4.79 Å². The minimum atomic E-state index is 0.0373. The number of hydrogen-bond donors (Lipinski definition) is 1. The molecule has 0 aromatic heterocycles. The van der Waals surface area contributed by atoms with Crippen molar-refractivity contribution < 1.29 is 7.65 Å². The van der Waals surface area contributed by atoms with Crippen molar-refractivity contribution in [2.45, 2.75) is 18.9 Å². The first-order valence-corrected chi connectivity index (χ1v) is 7.25. The van der Waals surface area contributed by atoms with Crippen LogP contribution in [-0.4, -0.2) is 11.9 Å². The number of carbonyl (C=O) groups is 1. The summed E-state index contributed by atoms with van der Waals surface area (Å²) in [5, 5.41) is 3.01. The topological polar surface area (TPSA) is 29.1 Å². The maximum atomic E-state index is 12.0. The Morgan fingerprint density at radius 2 is 1.65 bits per heavy atom. The number of carbonyl (C=O) groups excluding carboxylic acids is 1. The summed E-state index contributed by atoms with van der Waals surface area (Å²) in [5.41, 5.74) is 2.96. The maximum absolute atomic E-state index is 12.0. The van der Waals surface area contributed by atoms with Crippen molar-refractivity contribution in [3.8, 4) is 11.1 Å². The summed E-state index contributed by atoms with van der Waals surface area (Å²) >= 11 is 0.650. The van der Waals surface area contributed by atoms with Gasteiger partial charge < -0.3 is 5.32 Å². The summed E-state index contributed by atoms with van der Waals surface area (Å²) in [4.78, 5) is 12.0. The molecule has 0 saturated heterocycles. The molecule has 1 amide bonds. The van der Waals surface area contributed by atoms with E-state index in [1.54, 1.807) is 0 Å². The number of rotatable bonds is 3. The predicted octanol–water partition coefficient (Wildman–Crippen LogP) is 4.55. The molecule has 1 aliphatic rings. The minimum absolute atomic E-state index is 0.0373. The molecule has 0 spiro atoms. The van der Waals surface area contributed by atoms with Gasteiger partial charge in [0.15, 0.2) is 23.2 Å². The van der Waals surface area contributed by atoms with Gasteiger partial charge in [-0.15, -0.1) is 0 Å². The molecule has 1 fully saturated rings. The van der Waals surface area contributed by atoms with Gasteiger partial charge in [0.1, 0.15) is 0 Å². The fraction of sp³-hybridized carbons (Fsp3) is 0.188. The first-order valence-electron chi connectivity index (χ1n) is 6.43. The lowest BCUT2D eigenvalue weighted by molar-refractivity contribution is 0.0951. The minimum Gasteiger partial charge on any atom is -0.349 e. The number of halogens is 2. The van der Waals surface area contributed by atoms with Crippen molar-refractivity contribution in [2.24, 2.45) is 0 Å². The number of nitrogens with one attached hydrogen (secondary N) is 1. The molecule has 0 aliphatic heterocycles. The molecular weight excluding hydrogens is 368 g/mol. The zero-order chi connectivity index (χ0) is 14.4. The molecule has 0 bridgehead atoms. The molecule has 20 heavy (non-hydrogen) atoms. The molecule has 1 saturated carbocycles. The smallest absolute Gasteiger partial charge is 0.251 e. The Morgan fingerprint density at radius 3 is 2.30 bits per heavy atom. The number of benzene rings is 2. The van der Waals surface area contributed by atoms with Crippen LogP contribution in [0.2, 0.25) is 0 Å². The molecule has 0 unspecified atom stereocenters. The molecule has 1 N–H and O–H groups in total. The van der Waals surface area contributed by atoms with Crippen molar-refractivity contribution >= 4 is 29.1 Å². The van der Waals surface area contributed by atoms with E-state index in [0.717, 1.165) is 29.5 Å². The second kappa shape index (κ2) is 7.38. The lowest BCUT2D eigenvalue weighted by Gasteiger charge is -2.06. The quantitative estimate of drug-likeness (QED) is 0.775. The summed E-state index contributed by atoms with van der Waals surface area (Å²) in [6.45, 7) is 0. The zero-order valence-corrected chi connectivity index (χ0v) is 13.0. The highest BCUT2D eigenvalue weighted by atomic mass is 127. The van der Waals surface area contributed by atoms with Crippen LogP contribution in [0.3, 0.4) is 0 Å². The summed E-state index contributed by atoms with van der Waals surface area (Å²) in [5.74, 6) is 0.0373. The van der Waals surface area contributed by atoms with E-state index in [0.29, 0.717) is 29.2 Å². The van der Waals surface area contributed by atoms with Crippen molar-refractivity contribution in [2.75, 3.05) is 0 Å². The van der Waals surface area contributed by atoms with E-state index in [-0.39, 0.29) is 5.91 Å². The number of amides is 1. The van der Waals surface area contributed by atoms with Crippen LogP contribution in [0.25, 0.3) is 11.1 Å². The third kappa shape index (κ3) is 4.03. The van der Waals surface area contributed by atoms with Gasteiger partial charge in [-0.25, -0.2) is 0 Å². The van der Waals surface area contributed by atoms with Crippen LogP contribution in [0.5, 0.6) is 0 Å². The summed E-state index contributed by atoms with van der Waals surface area (Å²) < 4.78 is 9.47. The van der Waals surface area contributed by atoms with Gasteiger partial charge in [0.2, 0.25) is 0 Å². The molecule has 4 heteroatoms. The molecule has 2 nitrogen and oxygen atoms in total. The van der Waals surface area contributed by atoms with E-state index < -0.39 is 0 Å². The van der Waals surface area contributed by atoms with Gasteiger partial charge in [-0.1, -0.05) is 42.5 Å². The maximum Gasteiger partial charge on any atom is 0.251 e. The SMILES string of the molecule is FI.O=C(NC1CC1)c1cccc(-c2ccccc2)c1. The first kappa shape index (κ1) is 15.0. The lowest BCUT2D eigenvalue weighted by atomic mass is 10.0. The van der Waals surface area contributed by atoms with Crippen LogP contribution in [0.4, 0.5) is 2.86 Å². The third-order valence-corrected chi connectivity index (χ3v) is 3.14. The average molecular weight is 383 g/mol. The zero-order valence-electron chi connectivity index (χ0n) is 10.9. The predicted molar refractivity (Wildman–Crippen MR) is 87.5 cm³/mol. The summed E-state index contributed by atoms with van der Waals surface area (Å²) in [7, 11) is 0. The highest BCUT2D eigenvalue weighted by Gasteiger charge is 2.23. The van der Waals surface area contributed by atoms with E-state index in [4.69, 9.17) is 0 Å². The Kier molecular flexibility index (Phi) is 5.52. The fourth-order valence-corrected chi connectivity index (χ4v) is 1.97. The van der Waals surface area contributed by atoms with E-state index in [1.165, 1.54) is 0 Å². The third-order valence-electron chi connectivity index (χ3n) is 3.14. The highest BCUT2D eigenvalue weighted by Crippen LogP contribution is 2.22. The standard InChI is InChI=1S/C16H15NO.FI/c18-16(17-15-9-10-15)14-8-4-7-13(11-14)12-5-2-1-3-6-12;1-2/h1-8,11,15H,9-10H2,(H,17,18);. The van der Waals surface area contributed by atoms with E-state index in [1.807, 2.05) is 42.5 Å². The highest BCUT2D eigenvalue weighted by molar-refractivity contribution is 14.1. The summed E-state index contributed by atoms with van der Waals surface area (Å²) in [6, 6.07) is 18.3. The first-order chi connectivity index (χ1) is 9.83. The molecule has 0 atom stereocenters. The van der Waals surface area contributed by atoms with Gasteiger partial charge in [-0.05, 0) is 36.1 Å². The molecule has 0 heterocycles. The van der Waals surface area contributed by atoms with Gasteiger partial charge in [0.25, 0.3) is 5.91 Å². The molecule has 2 aromatic rings. The Morgan fingerprint density at radius 1 is 1.00 bits per heavy atom. The van der Waals surface area contributed by atoms with E-state index >= 15 is 0 Å². The van der Waals surface area contributed by atoms with Gasteiger partial charge in [0.05, 0.1) is 0 Å². The van der Waals surface area contributed by atoms with Crippen LogP contribution >= 0.6 is 23.2 Å². The van der Waals surface area contributed by atoms with Gasteiger partial charge >= 0.3 is 0 Å². The molecule has 104 valence electrons. The normalized spacial score (nSPS) is 13.1. The van der Waals surface area contributed by atoms with Crippen LogP contribution in [-0.2, 0) is 0 Å². The van der Waals surface area contributed by atoms with Crippen molar-refractivity contribution in [1.82, 2.24) is 5.32 Å². The summed E-state index contributed by atoms with van der Waals surface area (Å²) in [6.07, 6.45) is 2.23. The van der Waals surface area contributed by atoms with Gasteiger partial charge in [0, 0.05) is 11.6 Å². The van der Waals surface area contributed by atoms with Crippen LogP contribution in [0, 0.1) is 0 Å². The van der Waals surface area contributed by atoms with Crippen LogP contribution < -0.4 is 5.32 Å². The van der Waals surface area contributed by atoms with Crippen molar-refractivity contribution in [1.29, 1.82) is 0 Å². The molecule has 0 radical (unpaired) electrons. The lowest BCUT2D eigenvalue weighted by Crippen LogP contribution is -2.25. The molecule has 2 aromatic carbocycles. The molecule has 1 aliphatic carbocycles. The Labute approximate surface area is 132 Å². The Balaban J connectivity index is 0.000000704. The largest absolute Gasteiger partial charge is 0.349 e. The Hall–Kier alpha value is -1.43. The Bertz CT molecular complexity index is 570. The molecular formula is C16H15FINO. The van der Waals surface area contributed by atoms with E-state index in [2.05, 4.69) is 17.4 Å². The fourth-order valence-electron chi connectivity index (χ4n) is 1.97. The molecule has 3 rings (SSSR count). The van der Waals surface area contributed by atoms with Crippen molar-refractivity contribution in [3.63, 3.8) is 0 Å².